The lowest BCUT2D eigenvalue weighted by molar-refractivity contribution is -0.274. The smallest absolute Gasteiger partial charge is 0.406 e. The molecule has 1 atom stereocenters. The van der Waals surface area contributed by atoms with E-state index in [1.54, 1.807) is 19.2 Å². The van der Waals surface area contributed by atoms with Gasteiger partial charge >= 0.3 is 6.36 Å². The first-order valence-corrected chi connectivity index (χ1v) is 12.1. The molecule has 2 aromatic carbocycles. The zero-order valence-electron chi connectivity index (χ0n) is 19.2. The number of nitrogens with zero attached hydrogens (tertiary/aromatic N) is 3. The van der Waals surface area contributed by atoms with Crippen molar-refractivity contribution in [2.75, 3.05) is 38.7 Å². The summed E-state index contributed by atoms with van der Waals surface area (Å²) >= 11 is 1.20. The highest BCUT2D eigenvalue weighted by Crippen LogP contribution is 2.35. The van der Waals surface area contributed by atoms with Crippen molar-refractivity contribution < 1.29 is 27.4 Å². The van der Waals surface area contributed by atoms with Gasteiger partial charge in [0.25, 0.3) is 5.91 Å². The summed E-state index contributed by atoms with van der Waals surface area (Å²) < 4.78 is 49.4. The van der Waals surface area contributed by atoms with Crippen LogP contribution in [0.5, 0.6) is 5.75 Å². The SMILES string of the molecule is COCCNC(=O)c1ccc2c(c1)nc(Nc1nc3ccc(OC(F)(F)F)cc3s1)n2C1CCNC1. The van der Waals surface area contributed by atoms with Crippen LogP contribution in [-0.2, 0) is 4.74 Å². The molecule has 0 bridgehead atoms. The number of fused-ring (bicyclic) bond motifs is 2. The van der Waals surface area contributed by atoms with Crippen molar-refractivity contribution in [1.29, 1.82) is 0 Å². The number of thiazole rings is 1. The minimum atomic E-state index is -4.76. The molecule has 36 heavy (non-hydrogen) atoms. The van der Waals surface area contributed by atoms with E-state index < -0.39 is 6.36 Å². The molecule has 0 radical (unpaired) electrons. The molecular formula is C23H23F3N6O3S. The number of hydrogen-bond acceptors (Lipinski definition) is 8. The maximum atomic E-state index is 12.6. The number of benzene rings is 2. The van der Waals surface area contributed by atoms with Crippen LogP contribution in [0.4, 0.5) is 24.3 Å². The molecule has 1 aliphatic heterocycles. The van der Waals surface area contributed by atoms with Gasteiger partial charge in [0.15, 0.2) is 5.13 Å². The molecule has 1 saturated heterocycles. The molecule has 4 aromatic rings. The number of amides is 1. The fourth-order valence-electron chi connectivity index (χ4n) is 4.18. The third-order valence-electron chi connectivity index (χ3n) is 5.76. The summed E-state index contributed by atoms with van der Waals surface area (Å²) in [6.07, 6.45) is -3.86. The maximum absolute atomic E-state index is 12.6. The number of aromatic nitrogens is 3. The van der Waals surface area contributed by atoms with Crippen LogP contribution in [0.2, 0.25) is 0 Å². The number of hydrogen-bond donors (Lipinski definition) is 3. The number of nitrogens with one attached hydrogen (secondary N) is 3. The van der Waals surface area contributed by atoms with Crippen molar-refractivity contribution in [2.45, 2.75) is 18.8 Å². The lowest BCUT2D eigenvalue weighted by Crippen LogP contribution is -2.26. The van der Waals surface area contributed by atoms with Crippen LogP contribution >= 0.6 is 11.3 Å². The molecule has 0 spiro atoms. The van der Waals surface area contributed by atoms with Crippen molar-refractivity contribution >= 4 is 49.6 Å². The zero-order chi connectivity index (χ0) is 25.3. The van der Waals surface area contributed by atoms with Gasteiger partial charge in [-0.3, -0.25) is 4.79 Å². The molecule has 190 valence electrons. The second kappa shape index (κ2) is 9.91. The third kappa shape index (κ3) is 5.22. The number of ether oxygens (including phenoxy) is 2. The summed E-state index contributed by atoms with van der Waals surface area (Å²) in [5.74, 6) is 0.0239. The lowest BCUT2D eigenvalue weighted by atomic mass is 10.1. The van der Waals surface area contributed by atoms with Gasteiger partial charge in [0, 0.05) is 31.8 Å². The maximum Gasteiger partial charge on any atom is 0.573 e. The Morgan fingerprint density at radius 3 is 2.83 bits per heavy atom. The first-order valence-electron chi connectivity index (χ1n) is 11.2. The van der Waals surface area contributed by atoms with E-state index in [1.165, 1.54) is 29.5 Å². The number of halogens is 3. The molecule has 3 heterocycles. The number of imidazole rings is 1. The van der Waals surface area contributed by atoms with E-state index in [1.807, 2.05) is 6.07 Å². The van der Waals surface area contributed by atoms with Gasteiger partial charge in [-0.2, -0.15) is 0 Å². The molecule has 5 rings (SSSR count). The molecule has 13 heteroatoms. The van der Waals surface area contributed by atoms with Gasteiger partial charge in [0.1, 0.15) is 5.75 Å². The van der Waals surface area contributed by atoms with E-state index in [4.69, 9.17) is 9.72 Å². The summed E-state index contributed by atoms with van der Waals surface area (Å²) in [7, 11) is 1.57. The predicted molar refractivity (Wildman–Crippen MR) is 130 cm³/mol. The van der Waals surface area contributed by atoms with Gasteiger partial charge in [0.05, 0.1) is 33.9 Å². The summed E-state index contributed by atoms with van der Waals surface area (Å²) in [4.78, 5) is 21.7. The molecule has 1 unspecified atom stereocenters. The lowest BCUT2D eigenvalue weighted by Gasteiger charge is -2.15. The molecule has 1 fully saturated rings. The van der Waals surface area contributed by atoms with Gasteiger partial charge in [-0.25, -0.2) is 9.97 Å². The summed E-state index contributed by atoms with van der Waals surface area (Å²) in [5.41, 5.74) is 2.53. The molecule has 3 N–H and O–H groups in total. The van der Waals surface area contributed by atoms with Crippen LogP contribution in [0.25, 0.3) is 21.3 Å². The quantitative estimate of drug-likeness (QED) is 0.299. The Bertz CT molecular complexity index is 1400. The summed E-state index contributed by atoms with van der Waals surface area (Å²) in [5, 5.41) is 9.87. The molecule has 1 aliphatic rings. The zero-order valence-corrected chi connectivity index (χ0v) is 20.0. The van der Waals surface area contributed by atoms with Crippen LogP contribution in [0, 0.1) is 0 Å². The van der Waals surface area contributed by atoms with Gasteiger partial charge in [0.2, 0.25) is 5.95 Å². The third-order valence-corrected chi connectivity index (χ3v) is 6.69. The topological polar surface area (TPSA) is 102 Å². The second-order valence-electron chi connectivity index (χ2n) is 8.23. The predicted octanol–water partition coefficient (Wildman–Crippen LogP) is 4.20. The normalized spacial score (nSPS) is 16.1. The van der Waals surface area contributed by atoms with Crippen LogP contribution in [-0.4, -0.2) is 60.2 Å². The average molecular weight is 521 g/mol. The Balaban J connectivity index is 1.46. The Kier molecular flexibility index (Phi) is 6.69. The molecule has 1 amide bonds. The van der Waals surface area contributed by atoms with E-state index in [9.17, 15) is 18.0 Å². The first kappa shape index (κ1) is 24.3. The van der Waals surface area contributed by atoms with Gasteiger partial charge in [-0.05, 0) is 43.3 Å². The van der Waals surface area contributed by atoms with Crippen LogP contribution in [0.3, 0.4) is 0 Å². The number of carbonyl (C=O) groups is 1. The second-order valence-corrected chi connectivity index (χ2v) is 9.26. The molecule has 0 saturated carbocycles. The number of anilines is 2. The first-order chi connectivity index (χ1) is 17.3. The fourth-order valence-corrected chi connectivity index (χ4v) is 5.07. The van der Waals surface area contributed by atoms with Gasteiger partial charge in [-0.1, -0.05) is 11.3 Å². The molecular weight excluding hydrogens is 497 g/mol. The van der Waals surface area contributed by atoms with E-state index >= 15 is 0 Å². The van der Waals surface area contributed by atoms with Crippen molar-refractivity contribution in [1.82, 2.24) is 25.2 Å². The van der Waals surface area contributed by atoms with E-state index in [0.717, 1.165) is 25.0 Å². The Labute approximate surface area is 207 Å². The van der Waals surface area contributed by atoms with Gasteiger partial charge in [-0.15, -0.1) is 13.2 Å². The monoisotopic (exact) mass is 520 g/mol. The Hall–Kier alpha value is -3.42. The van der Waals surface area contributed by atoms with E-state index in [-0.39, 0.29) is 17.7 Å². The minimum Gasteiger partial charge on any atom is -0.406 e. The Morgan fingerprint density at radius 1 is 1.22 bits per heavy atom. The number of methoxy groups -OCH3 is 1. The van der Waals surface area contributed by atoms with Crippen LogP contribution in [0.15, 0.2) is 36.4 Å². The summed E-state index contributed by atoms with van der Waals surface area (Å²) in [6, 6.07) is 9.53. The number of rotatable bonds is 8. The van der Waals surface area contributed by atoms with Crippen molar-refractivity contribution in [3.05, 3.63) is 42.0 Å². The molecule has 2 aromatic heterocycles. The van der Waals surface area contributed by atoms with Crippen LogP contribution in [0.1, 0.15) is 22.8 Å². The summed E-state index contributed by atoms with van der Waals surface area (Å²) in [6.45, 7) is 2.44. The molecule has 0 aliphatic carbocycles. The van der Waals surface area contributed by atoms with Crippen LogP contribution < -0.4 is 20.7 Å². The van der Waals surface area contributed by atoms with E-state index in [0.29, 0.717) is 45.5 Å². The Morgan fingerprint density at radius 2 is 2.08 bits per heavy atom. The highest BCUT2D eigenvalue weighted by molar-refractivity contribution is 7.22. The van der Waals surface area contributed by atoms with E-state index in [2.05, 4.69) is 30.2 Å². The van der Waals surface area contributed by atoms with Gasteiger partial charge < -0.3 is 30.0 Å². The minimum absolute atomic E-state index is 0.139. The van der Waals surface area contributed by atoms with Crippen molar-refractivity contribution in [3.63, 3.8) is 0 Å². The fraction of sp³-hybridized carbons (Fsp3) is 0.348. The van der Waals surface area contributed by atoms with Crippen molar-refractivity contribution in [2.24, 2.45) is 0 Å². The number of carbonyl (C=O) groups excluding carboxylic acids is 1. The number of alkyl halides is 3. The standard InChI is InChI=1S/C23H23F3N6O3S/c1-34-9-8-28-20(33)13-2-5-18-17(10-13)29-21(32(18)14-6-7-27-12-14)31-22-30-16-4-3-15(11-19(16)36-22)35-23(24,25)26/h2-5,10-11,14,27H,6-9,12H2,1H3,(H,28,33)(H,29,30,31). The highest BCUT2D eigenvalue weighted by atomic mass is 32.1. The average Bonchev–Trinajstić information content (AvgIpc) is 3.55. The van der Waals surface area contributed by atoms with Crippen molar-refractivity contribution in [3.8, 4) is 5.75 Å². The molecule has 9 nitrogen and oxygen atoms in total. The highest BCUT2D eigenvalue weighted by Gasteiger charge is 2.31. The largest absolute Gasteiger partial charge is 0.573 e.